The average molecular weight is 258 g/mol. The second-order valence-corrected chi connectivity index (χ2v) is 5.15. The molecule has 1 aliphatic carbocycles. The van der Waals surface area contributed by atoms with Crippen LogP contribution >= 0.6 is 0 Å². The lowest BCUT2D eigenvalue weighted by Crippen LogP contribution is -2.04. The summed E-state index contributed by atoms with van der Waals surface area (Å²) < 4.78 is 1.90. The summed E-state index contributed by atoms with van der Waals surface area (Å²) in [4.78, 5) is 0. The summed E-state index contributed by atoms with van der Waals surface area (Å²) in [7, 11) is 0. The van der Waals surface area contributed by atoms with E-state index in [1.54, 1.807) is 6.07 Å². The first-order valence-corrected chi connectivity index (χ1v) is 6.64. The van der Waals surface area contributed by atoms with Crippen molar-refractivity contribution in [3.05, 3.63) is 18.2 Å². The first-order chi connectivity index (χ1) is 9.20. The highest BCUT2D eigenvalue weighted by atomic mass is 15.6. The van der Waals surface area contributed by atoms with Gasteiger partial charge < -0.3 is 11.5 Å². The van der Waals surface area contributed by atoms with Crippen LogP contribution in [0.4, 0.5) is 11.4 Å². The van der Waals surface area contributed by atoms with Crippen LogP contribution < -0.4 is 11.5 Å². The van der Waals surface area contributed by atoms with Crippen LogP contribution in [0.2, 0.25) is 0 Å². The molecule has 3 rings (SSSR count). The molecule has 1 fully saturated rings. The molecule has 2 unspecified atom stereocenters. The van der Waals surface area contributed by atoms with Crippen molar-refractivity contribution in [2.45, 2.75) is 32.2 Å². The second-order valence-electron chi connectivity index (χ2n) is 5.15. The van der Waals surface area contributed by atoms with Crippen LogP contribution in [-0.4, -0.2) is 20.2 Å². The molecule has 0 aliphatic heterocycles. The number of rotatable bonds is 4. The van der Waals surface area contributed by atoms with E-state index in [2.05, 4.69) is 22.4 Å². The number of nitrogens with two attached hydrogens (primary N) is 2. The zero-order valence-electron chi connectivity index (χ0n) is 11.0. The first kappa shape index (κ1) is 12.0. The zero-order valence-corrected chi connectivity index (χ0v) is 11.0. The van der Waals surface area contributed by atoms with Gasteiger partial charge in [0, 0.05) is 16.9 Å². The fourth-order valence-corrected chi connectivity index (χ4v) is 2.59. The van der Waals surface area contributed by atoms with E-state index in [4.69, 9.17) is 11.5 Å². The molecule has 0 radical (unpaired) electrons. The standard InChI is InChI=1S/C13H18N6/c1-2-3-8-6-12(8)19-13(16-17-18-19)10-5-4-9(14)7-11(10)15/h4-5,7-8,12H,2-3,6,14-15H2,1H3. The van der Waals surface area contributed by atoms with Crippen molar-refractivity contribution in [3.63, 3.8) is 0 Å². The van der Waals surface area contributed by atoms with E-state index in [9.17, 15) is 0 Å². The second kappa shape index (κ2) is 4.53. The van der Waals surface area contributed by atoms with Gasteiger partial charge in [-0.2, -0.15) is 0 Å². The van der Waals surface area contributed by atoms with Crippen LogP contribution in [0.15, 0.2) is 18.2 Å². The van der Waals surface area contributed by atoms with Gasteiger partial charge in [-0.1, -0.05) is 13.3 Å². The molecule has 0 amide bonds. The molecule has 19 heavy (non-hydrogen) atoms. The van der Waals surface area contributed by atoms with E-state index in [1.165, 1.54) is 12.8 Å². The third kappa shape index (κ3) is 2.14. The summed E-state index contributed by atoms with van der Waals surface area (Å²) in [6, 6.07) is 5.86. The Balaban J connectivity index is 1.92. The minimum Gasteiger partial charge on any atom is -0.399 e. The molecule has 1 heterocycles. The molecular formula is C13H18N6. The maximum Gasteiger partial charge on any atom is 0.184 e. The van der Waals surface area contributed by atoms with Crippen LogP contribution in [-0.2, 0) is 0 Å². The zero-order chi connectivity index (χ0) is 13.4. The largest absolute Gasteiger partial charge is 0.399 e. The maximum atomic E-state index is 6.01. The van der Waals surface area contributed by atoms with Gasteiger partial charge in [0.05, 0.1) is 6.04 Å². The highest BCUT2D eigenvalue weighted by molar-refractivity contribution is 5.74. The predicted octanol–water partition coefficient (Wildman–Crippen LogP) is 1.87. The highest BCUT2D eigenvalue weighted by Gasteiger charge is 2.40. The van der Waals surface area contributed by atoms with Gasteiger partial charge in [-0.3, -0.25) is 0 Å². The lowest BCUT2D eigenvalue weighted by Gasteiger charge is -2.07. The smallest absolute Gasteiger partial charge is 0.184 e. The molecule has 4 N–H and O–H groups in total. The summed E-state index contributed by atoms with van der Waals surface area (Å²) >= 11 is 0. The highest BCUT2D eigenvalue weighted by Crippen LogP contribution is 2.47. The van der Waals surface area contributed by atoms with E-state index in [0.717, 1.165) is 17.8 Å². The predicted molar refractivity (Wildman–Crippen MR) is 74.1 cm³/mol. The van der Waals surface area contributed by atoms with Crippen molar-refractivity contribution in [2.75, 3.05) is 11.5 Å². The Kier molecular flexibility index (Phi) is 2.85. The van der Waals surface area contributed by atoms with Gasteiger partial charge in [0.2, 0.25) is 0 Å². The number of anilines is 2. The Hall–Kier alpha value is -2.11. The van der Waals surface area contributed by atoms with Gasteiger partial charge in [0.1, 0.15) is 0 Å². The van der Waals surface area contributed by atoms with Gasteiger partial charge in [0.25, 0.3) is 0 Å². The van der Waals surface area contributed by atoms with Crippen molar-refractivity contribution >= 4 is 11.4 Å². The lowest BCUT2D eigenvalue weighted by molar-refractivity contribution is 0.548. The molecule has 1 aliphatic rings. The average Bonchev–Trinajstić information content (AvgIpc) is 2.97. The fraction of sp³-hybridized carbons (Fsp3) is 0.462. The van der Waals surface area contributed by atoms with E-state index >= 15 is 0 Å². The third-order valence-corrected chi connectivity index (χ3v) is 3.67. The summed E-state index contributed by atoms with van der Waals surface area (Å²) in [6.45, 7) is 2.20. The summed E-state index contributed by atoms with van der Waals surface area (Å²) in [5, 5.41) is 12.0. The SMILES string of the molecule is CCCC1CC1n1nnnc1-c1ccc(N)cc1N. The number of nitrogen functional groups attached to an aromatic ring is 2. The van der Waals surface area contributed by atoms with Gasteiger partial charge in [-0.05, 0) is 47.4 Å². The van der Waals surface area contributed by atoms with Gasteiger partial charge in [-0.15, -0.1) is 5.10 Å². The van der Waals surface area contributed by atoms with E-state index < -0.39 is 0 Å². The third-order valence-electron chi connectivity index (χ3n) is 3.67. The molecule has 0 spiro atoms. The summed E-state index contributed by atoms with van der Waals surface area (Å²) in [5.41, 5.74) is 13.8. The van der Waals surface area contributed by atoms with E-state index in [-0.39, 0.29) is 0 Å². The van der Waals surface area contributed by atoms with Gasteiger partial charge in [-0.25, -0.2) is 4.68 Å². The Morgan fingerprint density at radius 3 is 2.95 bits per heavy atom. The van der Waals surface area contributed by atoms with Crippen molar-refractivity contribution < 1.29 is 0 Å². The Labute approximate surface area is 111 Å². The first-order valence-electron chi connectivity index (χ1n) is 6.64. The summed E-state index contributed by atoms with van der Waals surface area (Å²) in [6.07, 6.45) is 3.57. The minimum atomic E-state index is 0.418. The van der Waals surface area contributed by atoms with Gasteiger partial charge in [0.15, 0.2) is 5.82 Å². The molecule has 100 valence electrons. The molecular weight excluding hydrogens is 240 g/mol. The Bertz CT molecular complexity index is 591. The number of aromatic nitrogens is 4. The van der Waals surface area contributed by atoms with E-state index in [1.807, 2.05) is 16.8 Å². The van der Waals surface area contributed by atoms with Crippen LogP contribution in [0, 0.1) is 5.92 Å². The van der Waals surface area contributed by atoms with Crippen LogP contribution in [0.5, 0.6) is 0 Å². The Morgan fingerprint density at radius 1 is 1.37 bits per heavy atom. The number of hydrogen-bond acceptors (Lipinski definition) is 5. The van der Waals surface area contributed by atoms with Crippen molar-refractivity contribution in [1.29, 1.82) is 0 Å². The molecule has 2 aromatic rings. The quantitative estimate of drug-likeness (QED) is 0.816. The van der Waals surface area contributed by atoms with E-state index in [0.29, 0.717) is 23.3 Å². The molecule has 0 saturated heterocycles. The molecule has 1 aromatic heterocycles. The maximum absolute atomic E-state index is 6.01. The number of tetrazole rings is 1. The molecule has 0 bridgehead atoms. The number of hydrogen-bond donors (Lipinski definition) is 2. The van der Waals surface area contributed by atoms with Crippen LogP contribution in [0.1, 0.15) is 32.2 Å². The molecule has 1 saturated carbocycles. The van der Waals surface area contributed by atoms with Crippen LogP contribution in [0.3, 0.4) is 0 Å². The summed E-state index contributed by atoms with van der Waals surface area (Å²) in [5.74, 6) is 1.43. The number of benzene rings is 1. The topological polar surface area (TPSA) is 95.6 Å². The lowest BCUT2D eigenvalue weighted by atomic mass is 10.1. The molecule has 2 atom stereocenters. The van der Waals surface area contributed by atoms with Crippen molar-refractivity contribution in [2.24, 2.45) is 5.92 Å². The fourth-order valence-electron chi connectivity index (χ4n) is 2.59. The molecule has 6 heteroatoms. The van der Waals surface area contributed by atoms with Crippen LogP contribution in [0.25, 0.3) is 11.4 Å². The Morgan fingerprint density at radius 2 is 2.21 bits per heavy atom. The van der Waals surface area contributed by atoms with Crippen molar-refractivity contribution in [1.82, 2.24) is 20.2 Å². The molecule has 1 aromatic carbocycles. The monoisotopic (exact) mass is 258 g/mol. The molecule has 6 nitrogen and oxygen atoms in total. The minimum absolute atomic E-state index is 0.418. The van der Waals surface area contributed by atoms with Crippen molar-refractivity contribution in [3.8, 4) is 11.4 Å². The normalized spacial score (nSPS) is 21.5. The number of nitrogens with zero attached hydrogens (tertiary/aromatic N) is 4. The van der Waals surface area contributed by atoms with Gasteiger partial charge >= 0.3 is 0 Å².